The molecule has 0 N–H and O–H groups in total. The second kappa shape index (κ2) is 7.33. The van der Waals surface area contributed by atoms with Crippen molar-refractivity contribution in [2.45, 2.75) is 23.8 Å². The van der Waals surface area contributed by atoms with Crippen LogP contribution in [0.4, 0.5) is 0 Å². The van der Waals surface area contributed by atoms with E-state index in [1.165, 1.54) is 5.56 Å². The lowest BCUT2D eigenvalue weighted by atomic mass is 9.92. The molecule has 2 fully saturated rings. The number of rotatable bonds is 6. The highest BCUT2D eigenvalue weighted by Crippen LogP contribution is 2.46. The van der Waals surface area contributed by atoms with Gasteiger partial charge in [-0.05, 0) is 12.5 Å². The average Bonchev–Trinajstić information content (AvgIpc) is 2.97. The molecule has 1 aromatic carbocycles. The second-order valence-corrected chi connectivity index (χ2v) is 8.36. The molecule has 0 bridgehead atoms. The fraction of sp³-hybridized carbons (Fsp3) is 0.611. The molecular formula is C18H26N2O3S. The Morgan fingerprint density at radius 3 is 2.83 bits per heavy atom. The summed E-state index contributed by atoms with van der Waals surface area (Å²) in [6, 6.07) is 8.21. The van der Waals surface area contributed by atoms with E-state index in [1.54, 1.807) is 26.1 Å². The predicted octanol–water partition coefficient (Wildman–Crippen LogP) is 1.86. The Labute approximate surface area is 148 Å². The molecular weight excluding hydrogens is 324 g/mol. The summed E-state index contributed by atoms with van der Waals surface area (Å²) in [6.45, 7) is 3.28. The number of thioether (sulfide) groups is 1. The fourth-order valence-corrected chi connectivity index (χ4v) is 5.01. The van der Waals surface area contributed by atoms with Crippen LogP contribution < -0.4 is 4.74 Å². The van der Waals surface area contributed by atoms with Gasteiger partial charge in [0.1, 0.15) is 12.4 Å². The minimum Gasteiger partial charge on any atom is -0.496 e. The summed E-state index contributed by atoms with van der Waals surface area (Å²) in [5.74, 6) is 1.98. The number of hydrogen-bond donors (Lipinski definition) is 0. The number of ether oxygens (including phenoxy) is 2. The van der Waals surface area contributed by atoms with E-state index in [9.17, 15) is 4.79 Å². The summed E-state index contributed by atoms with van der Waals surface area (Å²) in [6.07, 6.45) is 1.24. The lowest BCUT2D eigenvalue weighted by Gasteiger charge is -2.47. The molecule has 1 atom stereocenters. The van der Waals surface area contributed by atoms with Crippen molar-refractivity contribution < 1.29 is 14.3 Å². The van der Waals surface area contributed by atoms with Gasteiger partial charge in [0, 0.05) is 49.8 Å². The standard InChI is InChI=1S/C18H26N2O3S/c1-19(2)17(21)10-23-15-8-18(24-11-15)12-20(13-18)9-14-6-4-5-7-16(14)22-3/h4-7,15H,8-13H2,1-3H3. The van der Waals surface area contributed by atoms with Gasteiger partial charge in [-0.25, -0.2) is 0 Å². The number of carbonyl (C=O) groups excluding carboxylic acids is 1. The van der Waals surface area contributed by atoms with E-state index in [1.807, 2.05) is 23.9 Å². The van der Waals surface area contributed by atoms with E-state index in [2.05, 4.69) is 17.0 Å². The van der Waals surface area contributed by atoms with Crippen LogP contribution in [0.3, 0.4) is 0 Å². The van der Waals surface area contributed by atoms with Crippen LogP contribution in [0, 0.1) is 0 Å². The molecule has 24 heavy (non-hydrogen) atoms. The van der Waals surface area contributed by atoms with Gasteiger partial charge in [0.2, 0.25) is 5.91 Å². The predicted molar refractivity (Wildman–Crippen MR) is 96.5 cm³/mol. The molecule has 0 aliphatic carbocycles. The first kappa shape index (κ1) is 17.6. The van der Waals surface area contributed by atoms with Crippen molar-refractivity contribution in [2.24, 2.45) is 0 Å². The van der Waals surface area contributed by atoms with Gasteiger partial charge >= 0.3 is 0 Å². The Kier molecular flexibility index (Phi) is 5.37. The van der Waals surface area contributed by atoms with E-state index in [0.29, 0.717) is 4.75 Å². The molecule has 1 spiro atoms. The Morgan fingerprint density at radius 2 is 2.12 bits per heavy atom. The molecule has 2 aliphatic heterocycles. The van der Waals surface area contributed by atoms with Crippen LogP contribution in [-0.2, 0) is 16.1 Å². The largest absolute Gasteiger partial charge is 0.496 e. The maximum atomic E-state index is 11.6. The van der Waals surface area contributed by atoms with Gasteiger partial charge in [-0.2, -0.15) is 0 Å². The Hall–Kier alpha value is -1.24. The topological polar surface area (TPSA) is 42.0 Å². The summed E-state index contributed by atoms with van der Waals surface area (Å²) in [7, 11) is 5.25. The number of amides is 1. The first-order chi connectivity index (χ1) is 11.5. The summed E-state index contributed by atoms with van der Waals surface area (Å²) in [5, 5.41) is 0. The lowest BCUT2D eigenvalue weighted by molar-refractivity contribution is -0.135. The van der Waals surface area contributed by atoms with Crippen molar-refractivity contribution in [1.82, 2.24) is 9.80 Å². The highest BCUT2D eigenvalue weighted by Gasteiger charge is 2.49. The van der Waals surface area contributed by atoms with Crippen LogP contribution in [0.2, 0.25) is 0 Å². The minimum absolute atomic E-state index is 0.0346. The third-order valence-electron chi connectivity index (χ3n) is 4.73. The molecule has 1 aromatic rings. The molecule has 6 heteroatoms. The minimum atomic E-state index is 0.0346. The molecule has 2 aliphatic rings. The molecule has 2 saturated heterocycles. The number of para-hydroxylation sites is 1. The first-order valence-corrected chi connectivity index (χ1v) is 9.30. The molecule has 132 valence electrons. The molecule has 0 aromatic heterocycles. The van der Waals surface area contributed by atoms with Crippen LogP contribution in [0.1, 0.15) is 12.0 Å². The summed E-state index contributed by atoms with van der Waals surface area (Å²) < 4.78 is 11.5. The monoisotopic (exact) mass is 350 g/mol. The number of likely N-dealkylation sites (N-methyl/N-ethyl adjacent to an activating group) is 1. The summed E-state index contributed by atoms with van der Waals surface area (Å²) in [4.78, 5) is 15.7. The smallest absolute Gasteiger partial charge is 0.248 e. The highest BCUT2D eigenvalue weighted by atomic mass is 32.2. The molecule has 0 saturated carbocycles. The van der Waals surface area contributed by atoms with Crippen LogP contribution >= 0.6 is 11.8 Å². The zero-order valence-electron chi connectivity index (χ0n) is 14.7. The number of benzene rings is 1. The van der Waals surface area contributed by atoms with Crippen molar-refractivity contribution in [3.8, 4) is 5.75 Å². The Bertz CT molecular complexity index is 587. The van der Waals surface area contributed by atoms with E-state index in [4.69, 9.17) is 9.47 Å². The maximum Gasteiger partial charge on any atom is 0.248 e. The number of likely N-dealkylation sites (tertiary alicyclic amines) is 1. The van der Waals surface area contributed by atoms with Crippen LogP contribution in [-0.4, -0.2) is 73.2 Å². The van der Waals surface area contributed by atoms with Gasteiger partial charge in [-0.15, -0.1) is 11.8 Å². The normalized spacial score (nSPS) is 22.4. The Balaban J connectivity index is 1.45. The van der Waals surface area contributed by atoms with Crippen molar-refractivity contribution in [3.63, 3.8) is 0 Å². The number of nitrogens with zero attached hydrogens (tertiary/aromatic N) is 2. The fourth-order valence-electron chi connectivity index (χ4n) is 3.40. The van der Waals surface area contributed by atoms with E-state index in [-0.39, 0.29) is 18.6 Å². The maximum absolute atomic E-state index is 11.6. The molecule has 0 radical (unpaired) electrons. The zero-order valence-corrected chi connectivity index (χ0v) is 15.5. The number of hydrogen-bond acceptors (Lipinski definition) is 5. The van der Waals surface area contributed by atoms with E-state index >= 15 is 0 Å². The van der Waals surface area contributed by atoms with Gasteiger partial charge in [0.15, 0.2) is 0 Å². The van der Waals surface area contributed by atoms with Crippen LogP contribution in [0.25, 0.3) is 0 Å². The third-order valence-corrected chi connectivity index (χ3v) is 6.30. The van der Waals surface area contributed by atoms with E-state index < -0.39 is 0 Å². The quantitative estimate of drug-likeness (QED) is 0.783. The zero-order chi connectivity index (χ0) is 17.2. The van der Waals surface area contributed by atoms with Gasteiger partial charge in [0.05, 0.1) is 13.2 Å². The van der Waals surface area contributed by atoms with Gasteiger partial charge in [0.25, 0.3) is 0 Å². The molecule has 5 nitrogen and oxygen atoms in total. The molecule has 1 amide bonds. The number of methoxy groups -OCH3 is 1. The number of carbonyl (C=O) groups is 1. The van der Waals surface area contributed by atoms with Crippen molar-refractivity contribution in [3.05, 3.63) is 29.8 Å². The van der Waals surface area contributed by atoms with Gasteiger partial charge in [-0.1, -0.05) is 18.2 Å². The second-order valence-electron chi connectivity index (χ2n) is 6.88. The van der Waals surface area contributed by atoms with Crippen molar-refractivity contribution in [1.29, 1.82) is 0 Å². The lowest BCUT2D eigenvalue weighted by Crippen LogP contribution is -2.58. The molecule has 1 unspecified atom stereocenters. The average molecular weight is 350 g/mol. The molecule has 3 rings (SSSR count). The van der Waals surface area contributed by atoms with Crippen molar-refractivity contribution >= 4 is 17.7 Å². The van der Waals surface area contributed by atoms with Gasteiger partial charge in [-0.3, -0.25) is 9.69 Å². The van der Waals surface area contributed by atoms with E-state index in [0.717, 1.165) is 37.6 Å². The van der Waals surface area contributed by atoms with Crippen LogP contribution in [0.5, 0.6) is 5.75 Å². The van der Waals surface area contributed by atoms with Gasteiger partial charge < -0.3 is 14.4 Å². The third kappa shape index (κ3) is 3.87. The first-order valence-electron chi connectivity index (χ1n) is 8.31. The SMILES string of the molecule is COc1ccccc1CN1CC2(CC(OCC(=O)N(C)C)CS2)C1. The molecule has 2 heterocycles. The van der Waals surface area contributed by atoms with Crippen molar-refractivity contribution in [2.75, 3.05) is 46.7 Å². The highest BCUT2D eigenvalue weighted by molar-refractivity contribution is 8.01. The van der Waals surface area contributed by atoms with Crippen LogP contribution in [0.15, 0.2) is 24.3 Å². The summed E-state index contributed by atoms with van der Waals surface area (Å²) in [5.41, 5.74) is 1.24. The summed E-state index contributed by atoms with van der Waals surface area (Å²) >= 11 is 2.00. The Morgan fingerprint density at radius 1 is 1.38 bits per heavy atom.